The molecule has 0 aromatic carbocycles. The number of hydrogen-bond donors (Lipinski definition) is 3. The van der Waals surface area contributed by atoms with E-state index < -0.39 is 5.54 Å². The first-order valence-corrected chi connectivity index (χ1v) is 5.03. The van der Waals surface area contributed by atoms with Crippen LogP contribution < -0.4 is 5.32 Å². The third-order valence-electron chi connectivity index (χ3n) is 2.55. The second-order valence-corrected chi connectivity index (χ2v) is 4.17. The van der Waals surface area contributed by atoms with E-state index in [4.69, 9.17) is 14.6 Å². The molecule has 4 heteroatoms. The topological polar surface area (TPSA) is 65.6 Å². The molecule has 0 atom stereocenters. The van der Waals surface area contributed by atoms with Crippen LogP contribution in [-0.2, 0) is 6.54 Å². The van der Waals surface area contributed by atoms with Gasteiger partial charge in [-0.05, 0) is 26.8 Å². The molecule has 0 aliphatic heterocycles. The van der Waals surface area contributed by atoms with Crippen molar-refractivity contribution in [2.24, 2.45) is 0 Å². The van der Waals surface area contributed by atoms with Gasteiger partial charge in [0, 0.05) is 12.1 Å². The van der Waals surface area contributed by atoms with Gasteiger partial charge >= 0.3 is 0 Å². The van der Waals surface area contributed by atoms with Gasteiger partial charge in [-0.15, -0.1) is 0 Å². The van der Waals surface area contributed by atoms with Crippen molar-refractivity contribution in [3.8, 4) is 0 Å². The van der Waals surface area contributed by atoms with Crippen LogP contribution in [0.4, 0.5) is 0 Å². The molecular formula is C11H19NO3. The molecule has 0 saturated carbocycles. The van der Waals surface area contributed by atoms with Crippen LogP contribution in [0.3, 0.4) is 0 Å². The molecule has 0 fully saturated rings. The van der Waals surface area contributed by atoms with Crippen LogP contribution >= 0.6 is 0 Å². The summed E-state index contributed by atoms with van der Waals surface area (Å²) >= 11 is 0. The number of aliphatic hydroxyl groups is 2. The molecule has 0 bridgehead atoms. The Balaban J connectivity index is 2.60. The molecule has 1 heterocycles. The van der Waals surface area contributed by atoms with Crippen LogP contribution in [0.2, 0.25) is 0 Å². The van der Waals surface area contributed by atoms with Crippen molar-refractivity contribution in [2.45, 2.75) is 32.9 Å². The van der Waals surface area contributed by atoms with E-state index >= 15 is 0 Å². The summed E-state index contributed by atoms with van der Waals surface area (Å²) in [7, 11) is 0. The lowest BCUT2D eigenvalue weighted by Crippen LogP contribution is -2.48. The van der Waals surface area contributed by atoms with Gasteiger partial charge in [0.2, 0.25) is 0 Å². The fourth-order valence-electron chi connectivity index (χ4n) is 1.33. The standard InChI is InChI=1S/C11H19NO3/c1-8-4-10(9(2)15-8)5-12-11(3,6-13)7-14/h4,12-14H,5-7H2,1-3H3. The zero-order valence-corrected chi connectivity index (χ0v) is 9.50. The Kier molecular flexibility index (Phi) is 3.90. The smallest absolute Gasteiger partial charge is 0.105 e. The number of nitrogens with one attached hydrogen (secondary N) is 1. The molecule has 0 aliphatic rings. The van der Waals surface area contributed by atoms with E-state index in [1.165, 1.54) is 0 Å². The highest BCUT2D eigenvalue weighted by Crippen LogP contribution is 2.14. The van der Waals surface area contributed by atoms with Gasteiger partial charge in [-0.3, -0.25) is 0 Å². The molecule has 1 rings (SSSR count). The first-order chi connectivity index (χ1) is 7.00. The van der Waals surface area contributed by atoms with Gasteiger partial charge in [0.25, 0.3) is 0 Å². The molecule has 0 radical (unpaired) electrons. The number of furan rings is 1. The second-order valence-electron chi connectivity index (χ2n) is 4.17. The minimum atomic E-state index is -0.641. The highest BCUT2D eigenvalue weighted by atomic mass is 16.3. The first kappa shape index (κ1) is 12.2. The monoisotopic (exact) mass is 213 g/mol. The van der Waals surface area contributed by atoms with Gasteiger partial charge in [0.1, 0.15) is 11.5 Å². The predicted molar refractivity (Wildman–Crippen MR) is 57.6 cm³/mol. The second kappa shape index (κ2) is 4.79. The summed E-state index contributed by atoms with van der Waals surface area (Å²) in [6.45, 7) is 5.96. The summed E-state index contributed by atoms with van der Waals surface area (Å²) < 4.78 is 5.38. The lowest BCUT2D eigenvalue weighted by atomic mass is 10.1. The highest BCUT2D eigenvalue weighted by molar-refractivity contribution is 5.20. The Labute approximate surface area is 89.9 Å². The summed E-state index contributed by atoms with van der Waals surface area (Å²) in [5.41, 5.74) is 0.415. The molecular weight excluding hydrogens is 194 g/mol. The summed E-state index contributed by atoms with van der Waals surface area (Å²) in [6, 6.07) is 1.96. The molecule has 0 amide bonds. The Morgan fingerprint density at radius 1 is 1.33 bits per heavy atom. The molecule has 1 aromatic heterocycles. The van der Waals surface area contributed by atoms with Gasteiger partial charge in [-0.25, -0.2) is 0 Å². The maximum atomic E-state index is 9.09. The molecule has 3 N–H and O–H groups in total. The summed E-state index contributed by atoms with van der Waals surface area (Å²) in [5, 5.41) is 21.3. The van der Waals surface area contributed by atoms with Crippen molar-refractivity contribution in [1.82, 2.24) is 5.32 Å². The van der Waals surface area contributed by atoms with Crippen LogP contribution in [-0.4, -0.2) is 29.0 Å². The molecule has 4 nitrogen and oxygen atoms in total. The van der Waals surface area contributed by atoms with Gasteiger partial charge < -0.3 is 19.9 Å². The van der Waals surface area contributed by atoms with Crippen molar-refractivity contribution in [2.75, 3.05) is 13.2 Å². The maximum absolute atomic E-state index is 9.09. The van der Waals surface area contributed by atoms with Crippen molar-refractivity contribution < 1.29 is 14.6 Å². The van der Waals surface area contributed by atoms with E-state index in [0.717, 1.165) is 17.1 Å². The molecule has 1 aromatic rings. The van der Waals surface area contributed by atoms with Crippen LogP contribution in [0, 0.1) is 13.8 Å². The van der Waals surface area contributed by atoms with Crippen molar-refractivity contribution in [1.29, 1.82) is 0 Å². The van der Waals surface area contributed by atoms with E-state index in [1.807, 2.05) is 19.9 Å². The molecule has 0 spiro atoms. The first-order valence-electron chi connectivity index (χ1n) is 5.03. The fraction of sp³-hybridized carbons (Fsp3) is 0.636. The third kappa shape index (κ3) is 3.06. The zero-order valence-electron chi connectivity index (χ0n) is 9.50. The largest absolute Gasteiger partial charge is 0.466 e. The quantitative estimate of drug-likeness (QED) is 0.674. The normalized spacial score (nSPS) is 12.1. The van der Waals surface area contributed by atoms with Gasteiger partial charge in [-0.2, -0.15) is 0 Å². The molecule has 0 aliphatic carbocycles. The van der Waals surface area contributed by atoms with E-state index in [-0.39, 0.29) is 13.2 Å². The SMILES string of the molecule is Cc1cc(CNC(C)(CO)CO)c(C)o1. The summed E-state index contributed by atoms with van der Waals surface area (Å²) in [4.78, 5) is 0. The predicted octanol–water partition coefficient (Wildman–Crippen LogP) is 0.729. The molecule has 0 saturated heterocycles. The Morgan fingerprint density at radius 2 is 1.93 bits per heavy atom. The van der Waals surface area contributed by atoms with Gasteiger partial charge in [0.05, 0.1) is 18.8 Å². The highest BCUT2D eigenvalue weighted by Gasteiger charge is 2.21. The number of aryl methyl sites for hydroxylation is 2. The zero-order chi connectivity index (χ0) is 11.5. The van der Waals surface area contributed by atoms with E-state index in [9.17, 15) is 0 Å². The average molecular weight is 213 g/mol. The number of rotatable bonds is 5. The summed E-state index contributed by atoms with van der Waals surface area (Å²) in [6.07, 6.45) is 0. The van der Waals surface area contributed by atoms with E-state index in [0.29, 0.717) is 6.54 Å². The minimum absolute atomic E-state index is 0.0978. The van der Waals surface area contributed by atoms with Crippen LogP contribution in [0.1, 0.15) is 24.0 Å². The van der Waals surface area contributed by atoms with E-state index in [1.54, 1.807) is 6.92 Å². The Morgan fingerprint density at radius 3 is 2.33 bits per heavy atom. The summed E-state index contributed by atoms with van der Waals surface area (Å²) in [5.74, 6) is 1.75. The Bertz CT molecular complexity index is 316. The van der Waals surface area contributed by atoms with Gasteiger partial charge in [-0.1, -0.05) is 0 Å². The minimum Gasteiger partial charge on any atom is -0.466 e. The third-order valence-corrected chi connectivity index (χ3v) is 2.55. The molecule has 0 unspecified atom stereocenters. The molecule has 86 valence electrons. The van der Waals surface area contributed by atoms with Crippen molar-refractivity contribution in [3.05, 3.63) is 23.2 Å². The maximum Gasteiger partial charge on any atom is 0.105 e. The number of aliphatic hydroxyl groups excluding tert-OH is 2. The fourth-order valence-corrected chi connectivity index (χ4v) is 1.33. The van der Waals surface area contributed by atoms with Crippen LogP contribution in [0.5, 0.6) is 0 Å². The lowest BCUT2D eigenvalue weighted by Gasteiger charge is -2.26. The molecule has 15 heavy (non-hydrogen) atoms. The van der Waals surface area contributed by atoms with Crippen LogP contribution in [0.15, 0.2) is 10.5 Å². The van der Waals surface area contributed by atoms with E-state index in [2.05, 4.69) is 5.32 Å². The number of hydrogen-bond acceptors (Lipinski definition) is 4. The average Bonchev–Trinajstić information content (AvgIpc) is 2.54. The van der Waals surface area contributed by atoms with Crippen molar-refractivity contribution in [3.63, 3.8) is 0 Å². The van der Waals surface area contributed by atoms with Crippen LogP contribution in [0.25, 0.3) is 0 Å². The Hall–Kier alpha value is -0.840. The van der Waals surface area contributed by atoms with Gasteiger partial charge in [0.15, 0.2) is 0 Å². The lowest BCUT2D eigenvalue weighted by molar-refractivity contribution is 0.103. The van der Waals surface area contributed by atoms with Crippen molar-refractivity contribution >= 4 is 0 Å².